The minimum atomic E-state index is -0.00240. The Balaban J connectivity index is 2.35. The van der Waals surface area contributed by atoms with Gasteiger partial charge in [0.05, 0.1) is 0 Å². The fourth-order valence-corrected chi connectivity index (χ4v) is 1.52. The molecular weight excluding hydrogens is 202 g/mol. The Bertz CT molecular complexity index is 331. The maximum atomic E-state index is 11.8. The molecule has 90 valence electrons. The van der Waals surface area contributed by atoms with E-state index in [2.05, 4.69) is 24.5 Å². The molecule has 16 heavy (non-hydrogen) atoms. The van der Waals surface area contributed by atoms with Crippen molar-refractivity contribution in [3.8, 4) is 0 Å². The van der Waals surface area contributed by atoms with Crippen LogP contribution >= 0.6 is 0 Å². The second-order valence-electron chi connectivity index (χ2n) is 4.04. The van der Waals surface area contributed by atoms with Crippen molar-refractivity contribution >= 4 is 5.91 Å². The lowest BCUT2D eigenvalue weighted by atomic mass is 10.3. The van der Waals surface area contributed by atoms with E-state index in [9.17, 15) is 4.79 Å². The van der Waals surface area contributed by atoms with Crippen molar-refractivity contribution < 1.29 is 4.79 Å². The molecule has 0 spiro atoms. The second-order valence-corrected chi connectivity index (χ2v) is 4.04. The summed E-state index contributed by atoms with van der Waals surface area (Å²) in [6.07, 6.45) is 1.92. The van der Waals surface area contributed by atoms with E-state index < -0.39 is 0 Å². The number of hydrogen-bond acceptors (Lipinski definition) is 2. The van der Waals surface area contributed by atoms with E-state index in [1.807, 2.05) is 29.8 Å². The smallest absolute Gasteiger partial charge is 0.267 e. The molecule has 1 heterocycles. The first kappa shape index (κ1) is 12.8. The summed E-state index contributed by atoms with van der Waals surface area (Å²) >= 11 is 0. The normalized spacial score (nSPS) is 10.8. The third-order valence-electron chi connectivity index (χ3n) is 2.37. The van der Waals surface area contributed by atoms with Gasteiger partial charge in [-0.25, -0.2) is 0 Å². The standard InChI is InChI=1S/C12H21N3O/c1-4-15-9-5-6-11(15)12(16)14-8-7-13-10(2)3/h5-6,9-10,13H,4,7-8H2,1-3H3,(H,14,16). The molecule has 0 aromatic carbocycles. The minimum Gasteiger partial charge on any atom is -0.349 e. The Hall–Kier alpha value is -1.29. The molecule has 1 rings (SSSR count). The van der Waals surface area contributed by atoms with Crippen molar-refractivity contribution in [1.82, 2.24) is 15.2 Å². The Labute approximate surface area is 97.0 Å². The van der Waals surface area contributed by atoms with Gasteiger partial charge >= 0.3 is 0 Å². The largest absolute Gasteiger partial charge is 0.349 e. The van der Waals surface area contributed by atoms with Gasteiger partial charge in [-0.05, 0) is 19.1 Å². The number of rotatable bonds is 6. The average Bonchev–Trinajstić information content (AvgIpc) is 2.71. The molecular formula is C12H21N3O. The molecule has 0 aliphatic heterocycles. The highest BCUT2D eigenvalue weighted by molar-refractivity contribution is 5.92. The van der Waals surface area contributed by atoms with Gasteiger partial charge in [0.25, 0.3) is 5.91 Å². The van der Waals surface area contributed by atoms with E-state index in [0.717, 1.165) is 18.8 Å². The highest BCUT2D eigenvalue weighted by Gasteiger charge is 2.08. The SMILES string of the molecule is CCn1cccc1C(=O)NCCNC(C)C. The zero-order valence-electron chi connectivity index (χ0n) is 10.3. The zero-order valence-corrected chi connectivity index (χ0v) is 10.3. The number of carbonyl (C=O) groups excluding carboxylic acids is 1. The third-order valence-corrected chi connectivity index (χ3v) is 2.37. The molecule has 0 aliphatic carbocycles. The van der Waals surface area contributed by atoms with E-state index in [1.165, 1.54) is 0 Å². The zero-order chi connectivity index (χ0) is 12.0. The maximum absolute atomic E-state index is 11.8. The third kappa shape index (κ3) is 3.70. The number of nitrogens with one attached hydrogen (secondary N) is 2. The highest BCUT2D eigenvalue weighted by atomic mass is 16.1. The second kappa shape index (κ2) is 6.33. The molecule has 1 amide bonds. The molecule has 4 nitrogen and oxygen atoms in total. The van der Waals surface area contributed by atoms with Crippen LogP contribution in [0.4, 0.5) is 0 Å². The summed E-state index contributed by atoms with van der Waals surface area (Å²) in [7, 11) is 0. The first-order valence-corrected chi connectivity index (χ1v) is 5.82. The highest BCUT2D eigenvalue weighted by Crippen LogP contribution is 2.01. The van der Waals surface area contributed by atoms with Crippen molar-refractivity contribution in [2.24, 2.45) is 0 Å². The van der Waals surface area contributed by atoms with Crippen LogP contribution in [-0.4, -0.2) is 29.6 Å². The van der Waals surface area contributed by atoms with E-state index in [1.54, 1.807) is 0 Å². The van der Waals surface area contributed by atoms with Crippen LogP contribution in [0.15, 0.2) is 18.3 Å². The predicted octanol–water partition coefficient (Wildman–Crippen LogP) is 1.24. The molecule has 1 aromatic heterocycles. The summed E-state index contributed by atoms with van der Waals surface area (Å²) < 4.78 is 1.94. The molecule has 0 saturated carbocycles. The van der Waals surface area contributed by atoms with E-state index in [4.69, 9.17) is 0 Å². The van der Waals surface area contributed by atoms with Gasteiger partial charge in [-0.2, -0.15) is 0 Å². The Morgan fingerprint density at radius 2 is 2.19 bits per heavy atom. The lowest BCUT2D eigenvalue weighted by Crippen LogP contribution is -2.35. The van der Waals surface area contributed by atoms with Crippen LogP contribution in [0, 0.1) is 0 Å². The Morgan fingerprint density at radius 3 is 2.81 bits per heavy atom. The number of aromatic nitrogens is 1. The minimum absolute atomic E-state index is 0.00240. The molecule has 0 aliphatic rings. The molecule has 0 saturated heterocycles. The summed E-state index contributed by atoms with van der Waals surface area (Å²) in [4.78, 5) is 11.8. The Morgan fingerprint density at radius 1 is 1.44 bits per heavy atom. The van der Waals surface area contributed by atoms with Crippen LogP contribution in [0.2, 0.25) is 0 Å². The number of carbonyl (C=O) groups is 1. The Kier molecular flexibility index (Phi) is 5.05. The summed E-state index contributed by atoms with van der Waals surface area (Å²) in [6.45, 7) is 8.48. The van der Waals surface area contributed by atoms with Gasteiger partial charge in [0.1, 0.15) is 5.69 Å². The van der Waals surface area contributed by atoms with Crippen LogP contribution in [0.25, 0.3) is 0 Å². The topological polar surface area (TPSA) is 46.1 Å². The maximum Gasteiger partial charge on any atom is 0.267 e. The molecule has 4 heteroatoms. The molecule has 1 aromatic rings. The molecule has 0 radical (unpaired) electrons. The monoisotopic (exact) mass is 223 g/mol. The lowest BCUT2D eigenvalue weighted by Gasteiger charge is -2.10. The average molecular weight is 223 g/mol. The van der Waals surface area contributed by atoms with Gasteiger partial charge in [0, 0.05) is 31.9 Å². The summed E-state index contributed by atoms with van der Waals surface area (Å²) in [5.74, 6) is -0.00240. The van der Waals surface area contributed by atoms with Gasteiger partial charge < -0.3 is 15.2 Å². The fraction of sp³-hybridized carbons (Fsp3) is 0.583. The van der Waals surface area contributed by atoms with E-state index >= 15 is 0 Å². The van der Waals surface area contributed by atoms with Crippen molar-refractivity contribution in [2.75, 3.05) is 13.1 Å². The fourth-order valence-electron chi connectivity index (χ4n) is 1.52. The quantitative estimate of drug-likeness (QED) is 0.713. The van der Waals surface area contributed by atoms with Gasteiger partial charge in [0.2, 0.25) is 0 Å². The van der Waals surface area contributed by atoms with E-state index in [0.29, 0.717) is 12.6 Å². The van der Waals surface area contributed by atoms with Gasteiger partial charge in [-0.1, -0.05) is 13.8 Å². The summed E-state index contributed by atoms with van der Waals surface area (Å²) in [6, 6.07) is 4.19. The molecule has 0 bridgehead atoms. The number of nitrogens with zero attached hydrogens (tertiary/aromatic N) is 1. The van der Waals surface area contributed by atoms with Crippen molar-refractivity contribution in [2.45, 2.75) is 33.4 Å². The van der Waals surface area contributed by atoms with Crippen molar-refractivity contribution in [3.63, 3.8) is 0 Å². The van der Waals surface area contributed by atoms with Crippen LogP contribution in [0.5, 0.6) is 0 Å². The predicted molar refractivity (Wildman–Crippen MR) is 65.6 cm³/mol. The first-order valence-electron chi connectivity index (χ1n) is 5.82. The van der Waals surface area contributed by atoms with Crippen molar-refractivity contribution in [1.29, 1.82) is 0 Å². The first-order chi connectivity index (χ1) is 7.65. The van der Waals surface area contributed by atoms with E-state index in [-0.39, 0.29) is 5.91 Å². The van der Waals surface area contributed by atoms with Gasteiger partial charge in [-0.15, -0.1) is 0 Å². The number of amides is 1. The van der Waals surface area contributed by atoms with Crippen LogP contribution in [0.3, 0.4) is 0 Å². The number of aryl methyl sites for hydroxylation is 1. The van der Waals surface area contributed by atoms with Gasteiger partial charge in [0.15, 0.2) is 0 Å². The lowest BCUT2D eigenvalue weighted by molar-refractivity contribution is 0.0944. The van der Waals surface area contributed by atoms with Gasteiger partial charge in [-0.3, -0.25) is 4.79 Å². The van der Waals surface area contributed by atoms with Crippen LogP contribution in [0.1, 0.15) is 31.3 Å². The number of hydrogen-bond donors (Lipinski definition) is 2. The molecule has 2 N–H and O–H groups in total. The molecule has 0 atom stereocenters. The van der Waals surface area contributed by atoms with Crippen molar-refractivity contribution in [3.05, 3.63) is 24.0 Å². The molecule has 0 unspecified atom stereocenters. The summed E-state index contributed by atoms with van der Waals surface area (Å²) in [5.41, 5.74) is 0.729. The van der Waals surface area contributed by atoms with Crippen LogP contribution < -0.4 is 10.6 Å². The summed E-state index contributed by atoms with van der Waals surface area (Å²) in [5, 5.41) is 6.15. The van der Waals surface area contributed by atoms with Crippen LogP contribution in [-0.2, 0) is 6.54 Å². The molecule has 0 fully saturated rings.